The number of nitrogens with zero attached hydrogens (tertiary/aromatic N) is 3. The average molecular weight is 299 g/mol. The van der Waals surface area contributed by atoms with Crippen LogP contribution in [0.15, 0.2) is 23.0 Å². The molecule has 3 aromatic rings. The van der Waals surface area contributed by atoms with Crippen LogP contribution in [0, 0.1) is 0 Å². The number of aryl methyl sites for hydroxylation is 1. The largest absolute Gasteiger partial charge is 0.496 e. The standard InChI is InChI=1S/C15H17N5O2/c1-3-4-5-9-8-12(21)16-14-10(9)6-7-11(22-2)13(14)15-17-19-20-18-15/h6-8H,3-5H2,1-2H3,(H,16,21)(H,17,18,19,20). The number of methoxy groups -OCH3 is 1. The molecule has 0 bridgehead atoms. The van der Waals surface area contributed by atoms with Gasteiger partial charge in [-0.15, -0.1) is 10.2 Å². The smallest absolute Gasteiger partial charge is 0.248 e. The van der Waals surface area contributed by atoms with Crippen LogP contribution < -0.4 is 10.3 Å². The maximum absolute atomic E-state index is 12.0. The molecule has 0 aliphatic heterocycles. The summed E-state index contributed by atoms with van der Waals surface area (Å²) >= 11 is 0. The van der Waals surface area contributed by atoms with Crippen LogP contribution in [-0.2, 0) is 6.42 Å². The number of H-pyrrole nitrogens is 2. The summed E-state index contributed by atoms with van der Waals surface area (Å²) < 4.78 is 5.39. The van der Waals surface area contributed by atoms with Crippen molar-refractivity contribution in [3.05, 3.63) is 34.1 Å². The molecule has 2 aromatic heterocycles. The second kappa shape index (κ2) is 5.97. The molecule has 0 aliphatic rings. The Balaban J connectivity index is 2.32. The molecule has 0 fully saturated rings. The lowest BCUT2D eigenvalue weighted by Crippen LogP contribution is -2.08. The fraction of sp³-hybridized carbons (Fsp3) is 0.333. The van der Waals surface area contributed by atoms with E-state index in [1.807, 2.05) is 12.1 Å². The van der Waals surface area contributed by atoms with Crippen LogP contribution in [0.3, 0.4) is 0 Å². The summed E-state index contributed by atoms with van der Waals surface area (Å²) in [5.74, 6) is 0.989. The number of pyridine rings is 1. The van der Waals surface area contributed by atoms with Crippen LogP contribution in [0.2, 0.25) is 0 Å². The molecule has 0 aliphatic carbocycles. The van der Waals surface area contributed by atoms with Gasteiger partial charge in [-0.1, -0.05) is 13.3 Å². The van der Waals surface area contributed by atoms with E-state index in [-0.39, 0.29) is 5.56 Å². The molecule has 2 N–H and O–H groups in total. The van der Waals surface area contributed by atoms with Gasteiger partial charge in [-0.3, -0.25) is 4.79 Å². The van der Waals surface area contributed by atoms with Gasteiger partial charge in [0.15, 0.2) is 0 Å². The van der Waals surface area contributed by atoms with Crippen molar-refractivity contribution in [3.8, 4) is 17.1 Å². The van der Waals surface area contributed by atoms with Crippen LogP contribution in [0.5, 0.6) is 5.75 Å². The minimum absolute atomic E-state index is 0.142. The normalized spacial score (nSPS) is 11.0. The summed E-state index contributed by atoms with van der Waals surface area (Å²) in [7, 11) is 1.57. The van der Waals surface area contributed by atoms with E-state index in [2.05, 4.69) is 32.5 Å². The molecule has 0 atom stereocenters. The van der Waals surface area contributed by atoms with Gasteiger partial charge in [0.05, 0.1) is 18.2 Å². The zero-order chi connectivity index (χ0) is 15.5. The number of hydrogen-bond acceptors (Lipinski definition) is 5. The third kappa shape index (κ3) is 2.45. The second-order valence-corrected chi connectivity index (χ2v) is 5.06. The Bertz CT molecular complexity index is 839. The number of tetrazole rings is 1. The van der Waals surface area contributed by atoms with Gasteiger partial charge < -0.3 is 9.72 Å². The molecule has 0 saturated heterocycles. The monoisotopic (exact) mass is 299 g/mol. The van der Waals surface area contributed by atoms with Crippen molar-refractivity contribution in [2.75, 3.05) is 7.11 Å². The van der Waals surface area contributed by atoms with E-state index in [0.29, 0.717) is 22.7 Å². The zero-order valence-corrected chi connectivity index (χ0v) is 12.5. The Kier molecular flexibility index (Phi) is 3.86. The molecule has 22 heavy (non-hydrogen) atoms. The highest BCUT2D eigenvalue weighted by Gasteiger charge is 2.17. The highest BCUT2D eigenvalue weighted by Crippen LogP contribution is 2.34. The van der Waals surface area contributed by atoms with E-state index < -0.39 is 0 Å². The molecule has 0 unspecified atom stereocenters. The minimum Gasteiger partial charge on any atom is -0.496 e. The number of unbranched alkanes of at least 4 members (excludes halogenated alkanes) is 1. The van der Waals surface area contributed by atoms with Gasteiger partial charge in [-0.05, 0) is 35.8 Å². The summed E-state index contributed by atoms with van der Waals surface area (Å²) in [6, 6.07) is 5.48. The average Bonchev–Trinajstić information content (AvgIpc) is 3.05. The lowest BCUT2D eigenvalue weighted by molar-refractivity contribution is 0.416. The van der Waals surface area contributed by atoms with Gasteiger partial charge in [0, 0.05) is 11.5 Å². The van der Waals surface area contributed by atoms with Crippen molar-refractivity contribution in [2.24, 2.45) is 0 Å². The Labute approximate surface area is 126 Å². The van der Waals surface area contributed by atoms with Gasteiger partial charge in [0.1, 0.15) is 5.75 Å². The number of fused-ring (bicyclic) bond motifs is 1. The summed E-state index contributed by atoms with van der Waals surface area (Å²) in [6.45, 7) is 2.13. The van der Waals surface area contributed by atoms with Crippen LogP contribution in [0.1, 0.15) is 25.3 Å². The van der Waals surface area contributed by atoms with E-state index >= 15 is 0 Å². The van der Waals surface area contributed by atoms with Crippen molar-refractivity contribution >= 4 is 10.9 Å². The number of aromatic nitrogens is 5. The van der Waals surface area contributed by atoms with E-state index in [9.17, 15) is 4.79 Å². The number of hydrogen-bond donors (Lipinski definition) is 2. The van der Waals surface area contributed by atoms with Crippen LogP contribution in [-0.4, -0.2) is 32.7 Å². The van der Waals surface area contributed by atoms with Crippen LogP contribution in [0.25, 0.3) is 22.3 Å². The maximum Gasteiger partial charge on any atom is 0.248 e. The minimum atomic E-state index is -0.142. The van der Waals surface area contributed by atoms with E-state index in [1.54, 1.807) is 13.2 Å². The van der Waals surface area contributed by atoms with Gasteiger partial charge in [0.25, 0.3) is 0 Å². The second-order valence-electron chi connectivity index (χ2n) is 5.06. The molecule has 0 saturated carbocycles. The molecule has 3 rings (SSSR count). The zero-order valence-electron chi connectivity index (χ0n) is 12.5. The predicted octanol–water partition coefficient (Wildman–Crippen LogP) is 2.06. The topological polar surface area (TPSA) is 96.6 Å². The first-order valence-electron chi connectivity index (χ1n) is 7.21. The van der Waals surface area contributed by atoms with E-state index in [4.69, 9.17) is 4.74 Å². The molecule has 0 amide bonds. The van der Waals surface area contributed by atoms with Crippen molar-refractivity contribution < 1.29 is 4.74 Å². The molecular formula is C15H17N5O2. The summed E-state index contributed by atoms with van der Waals surface area (Å²) in [5.41, 5.74) is 2.20. The maximum atomic E-state index is 12.0. The Morgan fingerprint density at radius 2 is 2.18 bits per heavy atom. The molecule has 7 heteroatoms. The predicted molar refractivity (Wildman–Crippen MR) is 82.9 cm³/mol. The van der Waals surface area contributed by atoms with Crippen LogP contribution in [0.4, 0.5) is 0 Å². The van der Waals surface area contributed by atoms with Gasteiger partial charge in [-0.25, -0.2) is 0 Å². The highest BCUT2D eigenvalue weighted by molar-refractivity contribution is 5.96. The lowest BCUT2D eigenvalue weighted by atomic mass is 10.00. The van der Waals surface area contributed by atoms with Crippen LogP contribution >= 0.6 is 0 Å². The quantitative estimate of drug-likeness (QED) is 0.751. The highest BCUT2D eigenvalue weighted by atomic mass is 16.5. The Hall–Kier alpha value is -2.70. The third-order valence-corrected chi connectivity index (χ3v) is 3.66. The van der Waals surface area contributed by atoms with Gasteiger partial charge in [-0.2, -0.15) is 5.21 Å². The Morgan fingerprint density at radius 1 is 1.32 bits per heavy atom. The molecule has 2 heterocycles. The van der Waals surface area contributed by atoms with E-state index in [1.165, 1.54) is 0 Å². The molecule has 0 spiro atoms. The van der Waals surface area contributed by atoms with Gasteiger partial charge in [0.2, 0.25) is 11.4 Å². The first-order chi connectivity index (χ1) is 10.7. The molecule has 7 nitrogen and oxygen atoms in total. The Morgan fingerprint density at radius 3 is 2.86 bits per heavy atom. The number of nitrogens with one attached hydrogen (secondary N) is 2. The summed E-state index contributed by atoms with van der Waals surface area (Å²) in [4.78, 5) is 14.9. The fourth-order valence-corrected chi connectivity index (χ4v) is 2.61. The summed E-state index contributed by atoms with van der Waals surface area (Å²) in [5, 5.41) is 15.0. The van der Waals surface area contributed by atoms with Crippen molar-refractivity contribution in [1.29, 1.82) is 0 Å². The summed E-state index contributed by atoms with van der Waals surface area (Å²) in [6.07, 6.45) is 2.96. The molecular weight excluding hydrogens is 282 g/mol. The number of rotatable bonds is 5. The number of ether oxygens (including phenoxy) is 1. The molecule has 114 valence electrons. The first kappa shape index (κ1) is 14.2. The van der Waals surface area contributed by atoms with Crippen molar-refractivity contribution in [1.82, 2.24) is 25.6 Å². The molecule has 1 aromatic carbocycles. The third-order valence-electron chi connectivity index (χ3n) is 3.66. The fourth-order valence-electron chi connectivity index (χ4n) is 2.61. The SMILES string of the molecule is CCCCc1cc(=O)[nH]c2c(-c3nn[nH]n3)c(OC)ccc12. The molecule has 0 radical (unpaired) electrons. The van der Waals surface area contributed by atoms with Crippen molar-refractivity contribution in [3.63, 3.8) is 0 Å². The first-order valence-corrected chi connectivity index (χ1v) is 7.21. The number of benzene rings is 1. The number of aromatic amines is 2. The lowest BCUT2D eigenvalue weighted by Gasteiger charge is -2.11. The van der Waals surface area contributed by atoms with E-state index in [0.717, 1.165) is 30.2 Å². The van der Waals surface area contributed by atoms with Crippen molar-refractivity contribution in [2.45, 2.75) is 26.2 Å². The van der Waals surface area contributed by atoms with Gasteiger partial charge >= 0.3 is 0 Å².